The van der Waals surface area contributed by atoms with Gasteiger partial charge in [0.2, 0.25) is 0 Å². The highest BCUT2D eigenvalue weighted by Gasteiger charge is 2.29. The Hall–Kier alpha value is -3.56. The third kappa shape index (κ3) is 7.97. The number of alkyl carbamates (subject to hydrolysis) is 2. The van der Waals surface area contributed by atoms with E-state index in [2.05, 4.69) is 15.2 Å². The second-order valence-corrected chi connectivity index (χ2v) is 10.5. The lowest BCUT2D eigenvalue weighted by molar-refractivity contribution is -0.727. The number of nitrogens with zero attached hydrogens (tertiary/aromatic N) is 2. The monoisotopic (exact) mass is 543 g/mol. The van der Waals surface area contributed by atoms with Crippen molar-refractivity contribution in [1.82, 2.24) is 15.2 Å². The number of ether oxygens (including phenoxy) is 3. The van der Waals surface area contributed by atoms with Crippen LogP contribution in [0.3, 0.4) is 0 Å². The van der Waals surface area contributed by atoms with Gasteiger partial charge in [-0.2, -0.15) is 4.57 Å². The van der Waals surface area contributed by atoms with E-state index in [1.807, 2.05) is 70.6 Å². The van der Waals surface area contributed by atoms with Crippen LogP contribution in [0.1, 0.15) is 77.6 Å². The average Bonchev–Trinajstić information content (AvgIpc) is 3.46. The van der Waals surface area contributed by atoms with Crippen molar-refractivity contribution in [2.75, 3.05) is 0 Å². The molecule has 0 radical (unpaired) electrons. The van der Waals surface area contributed by atoms with Crippen LogP contribution in [0.25, 0.3) is 11.3 Å². The smallest absolute Gasteiger partial charge is 0.407 e. The summed E-state index contributed by atoms with van der Waals surface area (Å²) < 4.78 is 20.7. The van der Waals surface area contributed by atoms with Crippen molar-refractivity contribution in [3.8, 4) is 11.3 Å². The van der Waals surface area contributed by atoms with Gasteiger partial charge < -0.3 is 29.4 Å². The molecule has 0 atom stereocenters. The number of pyridine rings is 1. The molecule has 0 unspecified atom stereocenters. The Labute approximate surface area is 231 Å². The average molecular weight is 544 g/mol. The second-order valence-electron chi connectivity index (χ2n) is 10.5. The largest absolute Gasteiger partial charge is 0.445 e. The molecule has 3 rings (SSSR count). The van der Waals surface area contributed by atoms with E-state index in [9.17, 15) is 14.4 Å². The lowest BCUT2D eigenvalue weighted by Gasteiger charge is -2.14. The molecule has 2 aromatic heterocycles. The summed E-state index contributed by atoms with van der Waals surface area (Å²) in [5.74, 6) is -0.280. The maximum Gasteiger partial charge on any atom is 0.407 e. The zero-order valence-electron chi connectivity index (χ0n) is 24.0. The summed E-state index contributed by atoms with van der Waals surface area (Å²) in [4.78, 5) is 36.9. The fourth-order valence-electron chi connectivity index (χ4n) is 4.78. The van der Waals surface area contributed by atoms with E-state index in [0.29, 0.717) is 0 Å². The Bertz CT molecular complexity index is 1140. The Morgan fingerprint density at radius 3 is 2.00 bits per heavy atom. The van der Waals surface area contributed by atoms with E-state index in [-0.39, 0.29) is 43.9 Å². The molecule has 0 aromatic carbocycles. The minimum absolute atomic E-state index is 0.0412. The fraction of sp³-hybridized carbons (Fsp3) is 0.586. The first-order valence-electron chi connectivity index (χ1n) is 13.9. The van der Waals surface area contributed by atoms with Crippen LogP contribution < -0.4 is 15.2 Å². The van der Waals surface area contributed by atoms with Gasteiger partial charge in [-0.05, 0) is 53.4 Å². The molecule has 10 nitrogen and oxygen atoms in total. The number of carbonyl (C=O) groups excluding carboxylic acids is 3. The number of carbonyl (C=O) groups is 3. The van der Waals surface area contributed by atoms with Crippen LogP contribution in [0, 0.1) is 5.92 Å². The predicted octanol–water partition coefficient (Wildman–Crippen LogP) is 4.59. The van der Waals surface area contributed by atoms with Gasteiger partial charge >= 0.3 is 18.2 Å². The number of nitrogens with one attached hydrogen (secondary N) is 2. The van der Waals surface area contributed by atoms with Crippen molar-refractivity contribution in [2.24, 2.45) is 5.92 Å². The molecule has 1 aliphatic rings. The summed E-state index contributed by atoms with van der Waals surface area (Å²) in [7, 11) is 0. The lowest BCUT2D eigenvalue weighted by atomic mass is 10.0. The number of esters is 1. The maximum absolute atomic E-state index is 12.3. The summed E-state index contributed by atoms with van der Waals surface area (Å²) in [6, 6.07) is 3.82. The molecule has 0 bridgehead atoms. The SMILES string of the molecule is CCC(CC)C(=O)OC[n+]1ccc(-c2c(COC(=O)NC(C)C)c(COC(=O)NC(C)C)c3n2CCC3)cc1. The van der Waals surface area contributed by atoms with E-state index in [1.54, 1.807) is 0 Å². The van der Waals surface area contributed by atoms with Gasteiger partial charge in [0.1, 0.15) is 13.2 Å². The van der Waals surface area contributed by atoms with Crippen LogP contribution in [0.4, 0.5) is 9.59 Å². The van der Waals surface area contributed by atoms with Gasteiger partial charge in [-0.25, -0.2) is 9.59 Å². The van der Waals surface area contributed by atoms with E-state index >= 15 is 0 Å². The summed E-state index contributed by atoms with van der Waals surface area (Å²) >= 11 is 0. The first-order chi connectivity index (χ1) is 18.6. The van der Waals surface area contributed by atoms with Crippen molar-refractivity contribution in [3.63, 3.8) is 0 Å². The molecule has 2 aromatic rings. The normalized spacial score (nSPS) is 12.5. The van der Waals surface area contributed by atoms with Gasteiger partial charge in [-0.15, -0.1) is 0 Å². The van der Waals surface area contributed by atoms with Gasteiger partial charge in [-0.1, -0.05) is 13.8 Å². The topological polar surface area (TPSA) is 112 Å². The van der Waals surface area contributed by atoms with Crippen LogP contribution in [-0.4, -0.2) is 34.8 Å². The van der Waals surface area contributed by atoms with E-state index in [4.69, 9.17) is 14.2 Å². The molecule has 0 aliphatic carbocycles. The van der Waals surface area contributed by atoms with Gasteiger partial charge in [0.15, 0.2) is 12.4 Å². The van der Waals surface area contributed by atoms with Crippen molar-refractivity contribution in [1.29, 1.82) is 0 Å². The van der Waals surface area contributed by atoms with Crippen molar-refractivity contribution in [3.05, 3.63) is 41.3 Å². The molecular weight excluding hydrogens is 500 g/mol. The molecule has 0 spiro atoms. The number of aromatic nitrogens is 2. The summed E-state index contributed by atoms with van der Waals surface area (Å²) in [5.41, 5.74) is 4.64. The van der Waals surface area contributed by atoms with Gasteiger partial charge in [0.25, 0.3) is 6.73 Å². The van der Waals surface area contributed by atoms with Crippen LogP contribution in [-0.2, 0) is 51.9 Å². The molecule has 2 N–H and O–H groups in total. The summed E-state index contributed by atoms with van der Waals surface area (Å²) in [6.45, 7) is 12.5. The minimum atomic E-state index is -0.503. The molecule has 0 saturated carbocycles. The molecule has 3 heterocycles. The quantitative estimate of drug-likeness (QED) is 0.230. The molecule has 2 amide bonds. The van der Waals surface area contributed by atoms with Gasteiger partial charge in [0.05, 0.1) is 11.6 Å². The Balaban J connectivity index is 1.88. The number of hydrogen-bond acceptors (Lipinski definition) is 6. The zero-order chi connectivity index (χ0) is 28.5. The van der Waals surface area contributed by atoms with Crippen LogP contribution in [0.15, 0.2) is 24.5 Å². The Kier molecular flexibility index (Phi) is 10.8. The molecule has 0 saturated heterocycles. The number of hydrogen-bond donors (Lipinski definition) is 2. The third-order valence-electron chi connectivity index (χ3n) is 6.74. The molecule has 10 heteroatoms. The predicted molar refractivity (Wildman–Crippen MR) is 145 cm³/mol. The molecule has 214 valence electrons. The number of amides is 2. The fourth-order valence-corrected chi connectivity index (χ4v) is 4.78. The van der Waals surface area contributed by atoms with Gasteiger partial charge in [-0.3, -0.25) is 4.79 Å². The summed E-state index contributed by atoms with van der Waals surface area (Å²) in [6.07, 6.45) is 6.07. The van der Waals surface area contributed by atoms with Crippen molar-refractivity contribution < 1.29 is 33.2 Å². The second kappa shape index (κ2) is 14.0. The minimum Gasteiger partial charge on any atom is -0.445 e. The molecule has 0 fully saturated rings. The van der Waals surface area contributed by atoms with E-state index in [1.165, 1.54) is 0 Å². The van der Waals surface area contributed by atoms with Gasteiger partial charge in [0, 0.05) is 53.1 Å². The highest BCUT2D eigenvalue weighted by atomic mass is 16.6. The standard InChI is InChI=1S/C29H42N4O6/c1-7-21(8-2)27(34)39-18-32-14-11-22(12-15-32)26-24(17-38-29(36)31-20(5)6)23(25-10-9-13-33(25)26)16-37-28(35)30-19(3)4/h11-12,14-15,19-21H,7-10,13,16-18H2,1-6H3,(H-,30,31,35,36)/p+1. The van der Waals surface area contributed by atoms with E-state index in [0.717, 1.165) is 60.3 Å². The maximum atomic E-state index is 12.3. The number of fused-ring (bicyclic) bond motifs is 1. The van der Waals surface area contributed by atoms with Crippen molar-refractivity contribution in [2.45, 2.75) is 106 Å². The summed E-state index contributed by atoms with van der Waals surface area (Å²) in [5, 5.41) is 5.50. The first kappa shape index (κ1) is 30.0. The van der Waals surface area contributed by atoms with Crippen LogP contribution in [0.5, 0.6) is 0 Å². The molecule has 39 heavy (non-hydrogen) atoms. The highest BCUT2D eigenvalue weighted by molar-refractivity contribution is 5.72. The first-order valence-corrected chi connectivity index (χ1v) is 13.9. The van der Waals surface area contributed by atoms with Crippen LogP contribution in [0.2, 0.25) is 0 Å². The molecular formula is C29H43N4O6+. The van der Waals surface area contributed by atoms with E-state index < -0.39 is 12.2 Å². The number of rotatable bonds is 12. The Morgan fingerprint density at radius 2 is 1.46 bits per heavy atom. The highest BCUT2D eigenvalue weighted by Crippen LogP contribution is 2.36. The van der Waals surface area contributed by atoms with Crippen molar-refractivity contribution >= 4 is 18.2 Å². The molecule has 1 aliphatic heterocycles. The lowest BCUT2D eigenvalue weighted by Crippen LogP contribution is -2.36. The van der Waals surface area contributed by atoms with Crippen LogP contribution >= 0.6 is 0 Å². The Morgan fingerprint density at radius 1 is 0.897 bits per heavy atom. The zero-order valence-corrected chi connectivity index (χ0v) is 24.0. The third-order valence-corrected chi connectivity index (χ3v) is 6.74.